The van der Waals surface area contributed by atoms with Gasteiger partial charge >= 0.3 is 0 Å². The van der Waals surface area contributed by atoms with Gasteiger partial charge in [-0.15, -0.1) is 0 Å². The van der Waals surface area contributed by atoms with Gasteiger partial charge in [0.15, 0.2) is 0 Å². The van der Waals surface area contributed by atoms with Gasteiger partial charge in [-0.1, -0.05) is 53.5 Å². The highest BCUT2D eigenvalue weighted by Gasteiger charge is 2.03. The van der Waals surface area contributed by atoms with Crippen LogP contribution in [-0.4, -0.2) is 0 Å². The molecular formula is C21H19Cl2NO. The molecular weight excluding hydrogens is 353 g/mol. The molecule has 0 bridgehead atoms. The average Bonchev–Trinajstić information content (AvgIpc) is 2.63. The highest BCUT2D eigenvalue weighted by Crippen LogP contribution is 2.24. The first-order valence-corrected chi connectivity index (χ1v) is 8.82. The largest absolute Gasteiger partial charge is 0.489 e. The molecule has 0 unspecified atom stereocenters. The Morgan fingerprint density at radius 1 is 0.880 bits per heavy atom. The van der Waals surface area contributed by atoms with Crippen LogP contribution >= 0.6 is 23.2 Å². The third-order valence-corrected chi connectivity index (χ3v) is 4.63. The molecule has 1 N–H and O–H groups in total. The summed E-state index contributed by atoms with van der Waals surface area (Å²) in [4.78, 5) is 0. The fraction of sp³-hybridized carbons (Fsp3) is 0.143. The standard InChI is InChI=1S/C21H19Cl2NO/c1-15-20(23)6-3-7-21(15)24-13-17-4-2-5-19(12-17)25-14-16-8-10-18(22)11-9-16/h2-12,24H,13-14H2,1H3. The zero-order chi connectivity index (χ0) is 17.6. The number of anilines is 1. The van der Waals surface area contributed by atoms with Crippen LogP contribution in [-0.2, 0) is 13.2 Å². The highest BCUT2D eigenvalue weighted by molar-refractivity contribution is 6.31. The smallest absolute Gasteiger partial charge is 0.120 e. The maximum atomic E-state index is 6.16. The Hall–Kier alpha value is -2.16. The van der Waals surface area contributed by atoms with E-state index in [1.807, 2.05) is 67.6 Å². The van der Waals surface area contributed by atoms with Gasteiger partial charge < -0.3 is 10.1 Å². The molecule has 0 radical (unpaired) electrons. The van der Waals surface area contributed by atoms with Gasteiger partial charge in [0.2, 0.25) is 0 Å². The van der Waals surface area contributed by atoms with Crippen molar-refractivity contribution in [2.75, 3.05) is 5.32 Å². The summed E-state index contributed by atoms with van der Waals surface area (Å²) in [7, 11) is 0. The number of halogens is 2. The fourth-order valence-corrected chi connectivity index (χ4v) is 2.79. The molecule has 2 nitrogen and oxygen atoms in total. The molecule has 0 spiro atoms. The van der Waals surface area contributed by atoms with Crippen LogP contribution in [0.25, 0.3) is 0 Å². The van der Waals surface area contributed by atoms with Crippen molar-refractivity contribution in [3.63, 3.8) is 0 Å². The predicted octanol–water partition coefficient (Wildman–Crippen LogP) is 6.49. The molecule has 0 aliphatic carbocycles. The van der Waals surface area contributed by atoms with E-state index in [0.717, 1.165) is 38.2 Å². The van der Waals surface area contributed by atoms with Crippen molar-refractivity contribution in [3.05, 3.63) is 93.5 Å². The van der Waals surface area contributed by atoms with Crippen molar-refractivity contribution in [3.8, 4) is 5.75 Å². The van der Waals surface area contributed by atoms with Crippen molar-refractivity contribution in [1.82, 2.24) is 0 Å². The lowest BCUT2D eigenvalue weighted by molar-refractivity contribution is 0.306. The summed E-state index contributed by atoms with van der Waals surface area (Å²) in [6.07, 6.45) is 0. The van der Waals surface area contributed by atoms with Crippen LogP contribution in [0.1, 0.15) is 16.7 Å². The molecule has 0 saturated carbocycles. The molecule has 3 rings (SSSR count). The lowest BCUT2D eigenvalue weighted by Crippen LogP contribution is -2.02. The number of hydrogen-bond acceptors (Lipinski definition) is 2. The molecule has 0 atom stereocenters. The van der Waals surface area contributed by atoms with Gasteiger partial charge in [-0.05, 0) is 60.0 Å². The van der Waals surface area contributed by atoms with Crippen LogP contribution in [0.5, 0.6) is 5.75 Å². The number of ether oxygens (including phenoxy) is 1. The Morgan fingerprint density at radius 3 is 2.44 bits per heavy atom. The summed E-state index contributed by atoms with van der Waals surface area (Å²) >= 11 is 12.1. The van der Waals surface area contributed by atoms with Crippen LogP contribution in [0.15, 0.2) is 66.7 Å². The molecule has 3 aromatic carbocycles. The summed E-state index contributed by atoms with van der Waals surface area (Å²) < 4.78 is 5.88. The second kappa shape index (κ2) is 8.28. The van der Waals surface area contributed by atoms with Crippen LogP contribution in [0.3, 0.4) is 0 Å². The molecule has 4 heteroatoms. The van der Waals surface area contributed by atoms with Gasteiger partial charge in [0, 0.05) is 22.3 Å². The third-order valence-electron chi connectivity index (χ3n) is 3.97. The van der Waals surface area contributed by atoms with E-state index < -0.39 is 0 Å². The van der Waals surface area contributed by atoms with Crippen LogP contribution in [0.4, 0.5) is 5.69 Å². The first-order valence-electron chi connectivity index (χ1n) is 8.07. The monoisotopic (exact) mass is 371 g/mol. The van der Waals surface area contributed by atoms with Crippen molar-refractivity contribution in [1.29, 1.82) is 0 Å². The maximum Gasteiger partial charge on any atom is 0.120 e. The van der Waals surface area contributed by atoms with Gasteiger partial charge in [-0.2, -0.15) is 0 Å². The van der Waals surface area contributed by atoms with E-state index in [0.29, 0.717) is 13.2 Å². The van der Waals surface area contributed by atoms with Crippen molar-refractivity contribution in [2.45, 2.75) is 20.1 Å². The summed E-state index contributed by atoms with van der Waals surface area (Å²) in [5.41, 5.74) is 4.33. The minimum atomic E-state index is 0.515. The van der Waals surface area contributed by atoms with Crippen molar-refractivity contribution in [2.24, 2.45) is 0 Å². The van der Waals surface area contributed by atoms with E-state index in [2.05, 4.69) is 11.4 Å². The Labute approximate surface area is 158 Å². The second-order valence-corrected chi connectivity index (χ2v) is 6.67. The summed E-state index contributed by atoms with van der Waals surface area (Å²) in [6.45, 7) is 3.23. The first-order chi connectivity index (χ1) is 12.1. The van der Waals surface area contributed by atoms with E-state index >= 15 is 0 Å². The van der Waals surface area contributed by atoms with Crippen molar-refractivity contribution < 1.29 is 4.74 Å². The fourth-order valence-electron chi connectivity index (χ4n) is 2.49. The van der Waals surface area contributed by atoms with E-state index in [4.69, 9.17) is 27.9 Å². The lowest BCUT2D eigenvalue weighted by Gasteiger charge is -2.12. The average molecular weight is 372 g/mol. The summed E-state index contributed by atoms with van der Waals surface area (Å²) in [5.74, 6) is 0.845. The number of nitrogens with one attached hydrogen (secondary N) is 1. The summed E-state index contributed by atoms with van der Waals surface area (Å²) in [6, 6.07) is 21.6. The normalized spacial score (nSPS) is 10.5. The van der Waals surface area contributed by atoms with Gasteiger partial charge in [0.1, 0.15) is 12.4 Å². The van der Waals surface area contributed by atoms with E-state index in [-0.39, 0.29) is 0 Å². The Bertz CT molecular complexity index is 847. The van der Waals surface area contributed by atoms with Crippen molar-refractivity contribution >= 4 is 28.9 Å². The molecule has 0 amide bonds. The zero-order valence-corrected chi connectivity index (χ0v) is 15.4. The molecule has 128 valence electrons. The molecule has 0 aliphatic rings. The third kappa shape index (κ3) is 4.91. The quantitative estimate of drug-likeness (QED) is 0.534. The summed E-state index contributed by atoms with van der Waals surface area (Å²) in [5, 5.41) is 4.92. The van der Waals surface area contributed by atoms with Gasteiger partial charge in [0.05, 0.1) is 0 Å². The van der Waals surface area contributed by atoms with Crippen LogP contribution in [0, 0.1) is 6.92 Å². The number of rotatable bonds is 6. The van der Waals surface area contributed by atoms with Crippen LogP contribution in [0.2, 0.25) is 10.0 Å². The van der Waals surface area contributed by atoms with E-state index in [1.54, 1.807) is 0 Å². The first kappa shape index (κ1) is 17.7. The lowest BCUT2D eigenvalue weighted by atomic mass is 10.1. The Kier molecular flexibility index (Phi) is 5.85. The minimum Gasteiger partial charge on any atom is -0.489 e. The van der Waals surface area contributed by atoms with Gasteiger partial charge in [0.25, 0.3) is 0 Å². The topological polar surface area (TPSA) is 21.3 Å². The number of hydrogen-bond donors (Lipinski definition) is 1. The molecule has 0 fully saturated rings. The van der Waals surface area contributed by atoms with E-state index in [1.165, 1.54) is 0 Å². The molecule has 0 aliphatic heterocycles. The molecule has 0 aromatic heterocycles. The second-order valence-electron chi connectivity index (χ2n) is 5.83. The zero-order valence-electron chi connectivity index (χ0n) is 13.9. The highest BCUT2D eigenvalue weighted by atomic mass is 35.5. The number of benzene rings is 3. The SMILES string of the molecule is Cc1c(Cl)cccc1NCc1cccc(OCc2ccc(Cl)cc2)c1. The molecule has 25 heavy (non-hydrogen) atoms. The molecule has 0 saturated heterocycles. The Morgan fingerprint density at radius 2 is 1.64 bits per heavy atom. The van der Waals surface area contributed by atoms with E-state index in [9.17, 15) is 0 Å². The van der Waals surface area contributed by atoms with Gasteiger partial charge in [-0.25, -0.2) is 0 Å². The van der Waals surface area contributed by atoms with Gasteiger partial charge in [-0.3, -0.25) is 0 Å². The molecule has 3 aromatic rings. The minimum absolute atomic E-state index is 0.515. The molecule has 0 heterocycles. The maximum absolute atomic E-state index is 6.16. The van der Waals surface area contributed by atoms with Crippen LogP contribution < -0.4 is 10.1 Å². The Balaban J connectivity index is 1.61. The predicted molar refractivity (Wildman–Crippen MR) is 106 cm³/mol.